The first-order valence-electron chi connectivity index (χ1n) is 6.88. The molecule has 24 heavy (non-hydrogen) atoms. The minimum absolute atomic E-state index is 0.00482. The molecule has 0 spiro atoms. The molecule has 2 N–H and O–H groups in total. The number of amides is 1. The van der Waals surface area contributed by atoms with E-state index < -0.39 is 29.0 Å². The van der Waals surface area contributed by atoms with Crippen LogP contribution < -0.4 is 10.6 Å². The van der Waals surface area contributed by atoms with Gasteiger partial charge in [0.2, 0.25) is 0 Å². The molecule has 0 saturated heterocycles. The van der Waals surface area contributed by atoms with E-state index in [2.05, 4.69) is 0 Å². The van der Waals surface area contributed by atoms with E-state index in [1.54, 1.807) is 0 Å². The van der Waals surface area contributed by atoms with Crippen LogP contribution in [-0.4, -0.2) is 19.0 Å². The molecular weight excluding hydrogens is 348 g/mol. The van der Waals surface area contributed by atoms with Gasteiger partial charge in [0.15, 0.2) is 0 Å². The number of alkyl halides is 3. The number of rotatable bonds is 4. The minimum atomic E-state index is -4.86. The zero-order valence-electron chi connectivity index (χ0n) is 12.3. The first-order valence-corrected chi connectivity index (χ1v) is 7.26. The van der Waals surface area contributed by atoms with E-state index >= 15 is 0 Å². The van der Waals surface area contributed by atoms with Crippen LogP contribution in [0.1, 0.15) is 15.9 Å². The average Bonchev–Trinajstić information content (AvgIpc) is 2.52. The van der Waals surface area contributed by atoms with Crippen molar-refractivity contribution in [3.8, 4) is 0 Å². The molecular formula is C16H13ClF4N2O. The number of nitrogens with two attached hydrogens (primary N) is 1. The van der Waals surface area contributed by atoms with Crippen LogP contribution in [0.5, 0.6) is 0 Å². The number of carbonyl (C=O) groups excluding carboxylic acids is 1. The quantitative estimate of drug-likeness (QED) is 0.834. The highest BCUT2D eigenvalue weighted by atomic mass is 35.5. The third kappa shape index (κ3) is 4.04. The summed E-state index contributed by atoms with van der Waals surface area (Å²) < 4.78 is 52.5. The number of carbonyl (C=O) groups is 1. The van der Waals surface area contributed by atoms with Crippen LogP contribution in [0.15, 0.2) is 42.5 Å². The van der Waals surface area contributed by atoms with E-state index in [9.17, 15) is 22.4 Å². The molecule has 0 unspecified atom stereocenters. The summed E-state index contributed by atoms with van der Waals surface area (Å²) in [5, 5.41) is 0.414. The molecule has 2 aromatic carbocycles. The van der Waals surface area contributed by atoms with Gasteiger partial charge in [0, 0.05) is 23.8 Å². The van der Waals surface area contributed by atoms with Crippen LogP contribution in [-0.2, 0) is 6.18 Å². The van der Waals surface area contributed by atoms with Gasteiger partial charge in [0.05, 0.1) is 11.1 Å². The third-order valence-electron chi connectivity index (χ3n) is 3.25. The van der Waals surface area contributed by atoms with Gasteiger partial charge in [-0.05, 0) is 42.5 Å². The highest BCUT2D eigenvalue weighted by molar-refractivity contribution is 6.30. The fourth-order valence-corrected chi connectivity index (χ4v) is 2.31. The van der Waals surface area contributed by atoms with Gasteiger partial charge in [0.25, 0.3) is 5.91 Å². The second-order valence-electron chi connectivity index (χ2n) is 4.91. The van der Waals surface area contributed by atoms with Crippen LogP contribution in [0.25, 0.3) is 0 Å². The molecule has 0 fully saturated rings. The van der Waals surface area contributed by atoms with Crippen LogP contribution in [0.4, 0.5) is 23.2 Å². The molecule has 2 rings (SSSR count). The molecule has 0 aliphatic heterocycles. The molecule has 0 aliphatic carbocycles. The minimum Gasteiger partial charge on any atom is -0.329 e. The zero-order valence-corrected chi connectivity index (χ0v) is 13.0. The van der Waals surface area contributed by atoms with Gasteiger partial charge in [-0.15, -0.1) is 0 Å². The predicted molar refractivity (Wildman–Crippen MR) is 83.6 cm³/mol. The summed E-state index contributed by atoms with van der Waals surface area (Å²) in [5.74, 6) is -1.99. The maximum atomic E-state index is 13.2. The lowest BCUT2D eigenvalue weighted by Gasteiger charge is -2.24. The molecule has 0 heterocycles. The molecule has 0 atom stereocenters. The van der Waals surface area contributed by atoms with Gasteiger partial charge in [0.1, 0.15) is 5.82 Å². The highest BCUT2D eigenvalue weighted by Crippen LogP contribution is 2.33. The van der Waals surface area contributed by atoms with Crippen molar-refractivity contribution in [3.63, 3.8) is 0 Å². The lowest BCUT2D eigenvalue weighted by molar-refractivity contribution is -0.138. The van der Waals surface area contributed by atoms with Crippen LogP contribution in [0.3, 0.4) is 0 Å². The monoisotopic (exact) mass is 360 g/mol. The van der Waals surface area contributed by atoms with Gasteiger partial charge in [-0.1, -0.05) is 11.6 Å². The summed E-state index contributed by atoms with van der Waals surface area (Å²) in [7, 11) is 0. The second-order valence-corrected chi connectivity index (χ2v) is 5.35. The van der Waals surface area contributed by atoms with E-state index in [1.165, 1.54) is 24.3 Å². The van der Waals surface area contributed by atoms with Gasteiger partial charge in [-0.2, -0.15) is 13.2 Å². The van der Waals surface area contributed by atoms with Crippen molar-refractivity contribution in [1.82, 2.24) is 0 Å². The molecule has 2 aromatic rings. The van der Waals surface area contributed by atoms with Gasteiger partial charge < -0.3 is 10.6 Å². The fourth-order valence-electron chi connectivity index (χ4n) is 2.18. The predicted octanol–water partition coefficient (Wildman–Crippen LogP) is 4.10. The Kier molecular flexibility index (Phi) is 5.46. The fraction of sp³-hybridized carbons (Fsp3) is 0.188. The van der Waals surface area contributed by atoms with Crippen LogP contribution >= 0.6 is 11.6 Å². The van der Waals surface area contributed by atoms with E-state index in [0.29, 0.717) is 16.8 Å². The Hall–Kier alpha value is -2.12. The number of hydrogen-bond acceptors (Lipinski definition) is 2. The summed E-state index contributed by atoms with van der Waals surface area (Å²) in [5.41, 5.74) is 3.82. The molecule has 0 aliphatic rings. The number of benzene rings is 2. The van der Waals surface area contributed by atoms with Gasteiger partial charge in [-0.3, -0.25) is 4.79 Å². The lowest BCUT2D eigenvalue weighted by Crippen LogP contribution is -2.36. The molecule has 8 heteroatoms. The zero-order chi connectivity index (χ0) is 17.9. The molecule has 3 nitrogen and oxygen atoms in total. The van der Waals surface area contributed by atoms with Crippen molar-refractivity contribution in [2.45, 2.75) is 6.18 Å². The molecule has 128 valence electrons. The van der Waals surface area contributed by atoms with Crippen molar-refractivity contribution >= 4 is 23.2 Å². The van der Waals surface area contributed by atoms with Crippen molar-refractivity contribution in [1.29, 1.82) is 0 Å². The SMILES string of the molecule is NCCN(C(=O)c1ccc(F)cc1C(F)(F)F)c1ccc(Cl)cc1. The van der Waals surface area contributed by atoms with Gasteiger partial charge >= 0.3 is 6.18 Å². The largest absolute Gasteiger partial charge is 0.417 e. The maximum absolute atomic E-state index is 13.2. The molecule has 0 bridgehead atoms. The first kappa shape index (κ1) is 18.2. The van der Waals surface area contributed by atoms with E-state index in [1.807, 2.05) is 0 Å². The van der Waals surface area contributed by atoms with Crippen LogP contribution in [0.2, 0.25) is 5.02 Å². The van der Waals surface area contributed by atoms with E-state index in [-0.39, 0.29) is 13.1 Å². The maximum Gasteiger partial charge on any atom is 0.417 e. The number of hydrogen-bond donors (Lipinski definition) is 1. The highest BCUT2D eigenvalue weighted by Gasteiger charge is 2.36. The number of halogens is 5. The summed E-state index contributed by atoms with van der Waals surface area (Å²) in [6, 6.07) is 7.92. The van der Waals surface area contributed by atoms with Crippen molar-refractivity contribution in [3.05, 3.63) is 64.4 Å². The van der Waals surface area contributed by atoms with Crippen molar-refractivity contribution < 1.29 is 22.4 Å². The normalized spacial score (nSPS) is 11.4. The summed E-state index contributed by atoms with van der Waals surface area (Å²) >= 11 is 5.77. The number of nitrogens with zero attached hydrogens (tertiary/aromatic N) is 1. The summed E-state index contributed by atoms with van der Waals surface area (Å²) in [4.78, 5) is 13.7. The van der Waals surface area contributed by atoms with E-state index in [0.717, 1.165) is 17.0 Å². The first-order chi connectivity index (χ1) is 11.2. The van der Waals surface area contributed by atoms with Crippen LogP contribution in [0, 0.1) is 5.82 Å². The van der Waals surface area contributed by atoms with Crippen molar-refractivity contribution in [2.75, 3.05) is 18.0 Å². The standard InChI is InChI=1S/C16H13ClF4N2O/c17-10-1-4-12(5-2-10)23(8-7-22)15(24)13-6-3-11(18)9-14(13)16(19,20)21/h1-6,9H,7-8,22H2. The molecule has 0 radical (unpaired) electrons. The second kappa shape index (κ2) is 7.19. The third-order valence-corrected chi connectivity index (χ3v) is 3.51. The Balaban J connectivity index is 2.49. The van der Waals surface area contributed by atoms with Gasteiger partial charge in [-0.25, -0.2) is 4.39 Å². The smallest absolute Gasteiger partial charge is 0.329 e. The molecule has 0 aromatic heterocycles. The van der Waals surface area contributed by atoms with Crippen molar-refractivity contribution in [2.24, 2.45) is 5.73 Å². The molecule has 0 saturated carbocycles. The number of anilines is 1. The Morgan fingerprint density at radius 1 is 1.12 bits per heavy atom. The Morgan fingerprint density at radius 3 is 2.29 bits per heavy atom. The Bertz CT molecular complexity index is 732. The topological polar surface area (TPSA) is 46.3 Å². The summed E-state index contributed by atoms with van der Waals surface area (Å²) in [6.07, 6.45) is -4.86. The summed E-state index contributed by atoms with van der Waals surface area (Å²) in [6.45, 7) is 0.0338. The van der Waals surface area contributed by atoms with E-state index in [4.69, 9.17) is 17.3 Å². The molecule has 1 amide bonds. The Morgan fingerprint density at radius 2 is 1.75 bits per heavy atom. The average molecular weight is 361 g/mol. The Labute approximate surface area is 140 Å². The lowest BCUT2D eigenvalue weighted by atomic mass is 10.0.